The molecule has 2 aliphatic heterocycles. The zero-order chi connectivity index (χ0) is 20.5. The predicted molar refractivity (Wildman–Crippen MR) is 120 cm³/mol. The van der Waals surface area contributed by atoms with Gasteiger partial charge in [-0.2, -0.15) is 0 Å². The number of hydrogen-bond donors (Lipinski definition) is 1. The van der Waals surface area contributed by atoms with Crippen LogP contribution in [-0.4, -0.2) is 34.0 Å². The molecular formula is C26H26FN3. The number of halogens is 1. The van der Waals surface area contributed by atoms with Gasteiger partial charge in [0, 0.05) is 48.8 Å². The summed E-state index contributed by atoms with van der Waals surface area (Å²) in [5, 5.41) is 0. The molecule has 2 aliphatic rings. The monoisotopic (exact) mass is 399 g/mol. The highest BCUT2D eigenvalue weighted by Crippen LogP contribution is 2.41. The van der Waals surface area contributed by atoms with E-state index in [0.29, 0.717) is 6.04 Å². The Balaban J connectivity index is 1.58. The fourth-order valence-corrected chi connectivity index (χ4v) is 4.83. The van der Waals surface area contributed by atoms with Crippen LogP contribution < -0.4 is 0 Å². The molecule has 0 aliphatic carbocycles. The molecule has 1 aromatic carbocycles. The van der Waals surface area contributed by atoms with Gasteiger partial charge in [0.15, 0.2) is 0 Å². The molecule has 4 heterocycles. The number of rotatable bonds is 4. The highest BCUT2D eigenvalue weighted by atomic mass is 19.1. The maximum absolute atomic E-state index is 13.5. The molecule has 0 saturated carbocycles. The zero-order valence-electron chi connectivity index (χ0n) is 17.2. The van der Waals surface area contributed by atoms with Crippen molar-refractivity contribution in [1.29, 1.82) is 0 Å². The lowest BCUT2D eigenvalue weighted by molar-refractivity contribution is 0.290. The molecular weight excluding hydrogens is 373 g/mol. The SMILES string of the molecule is CC/C=C1/CC2C=C(c3c[nH]c(-c4ccc(F)cc4)c3-c3ccncc3)CCN2C1. The number of nitrogens with one attached hydrogen (secondary N) is 1. The lowest BCUT2D eigenvalue weighted by Crippen LogP contribution is -2.32. The Morgan fingerprint density at radius 1 is 1.13 bits per heavy atom. The average Bonchev–Trinajstić information content (AvgIpc) is 3.38. The Morgan fingerprint density at radius 3 is 2.70 bits per heavy atom. The maximum Gasteiger partial charge on any atom is 0.123 e. The van der Waals surface area contributed by atoms with E-state index < -0.39 is 0 Å². The van der Waals surface area contributed by atoms with Crippen LogP contribution in [0.3, 0.4) is 0 Å². The molecule has 4 heteroatoms. The van der Waals surface area contributed by atoms with Crippen LogP contribution in [0.4, 0.5) is 4.39 Å². The summed E-state index contributed by atoms with van der Waals surface area (Å²) in [5.74, 6) is -0.219. The van der Waals surface area contributed by atoms with E-state index in [0.717, 1.165) is 49.2 Å². The van der Waals surface area contributed by atoms with Crippen molar-refractivity contribution in [3.8, 4) is 22.4 Å². The number of aromatic amines is 1. The summed E-state index contributed by atoms with van der Waals surface area (Å²) in [5.41, 5.74) is 8.51. The van der Waals surface area contributed by atoms with Gasteiger partial charge in [-0.05, 0) is 72.4 Å². The van der Waals surface area contributed by atoms with Crippen molar-refractivity contribution in [3.05, 3.63) is 84.1 Å². The highest BCUT2D eigenvalue weighted by Gasteiger charge is 2.30. The smallest absolute Gasteiger partial charge is 0.123 e. The first-order valence-electron chi connectivity index (χ1n) is 10.7. The second-order valence-corrected chi connectivity index (χ2v) is 8.15. The first-order chi connectivity index (χ1) is 14.7. The molecule has 30 heavy (non-hydrogen) atoms. The van der Waals surface area contributed by atoms with E-state index in [9.17, 15) is 4.39 Å². The van der Waals surface area contributed by atoms with Crippen LogP contribution in [0.15, 0.2) is 72.7 Å². The van der Waals surface area contributed by atoms with Crippen molar-refractivity contribution in [1.82, 2.24) is 14.9 Å². The number of hydrogen-bond acceptors (Lipinski definition) is 2. The average molecular weight is 400 g/mol. The van der Waals surface area contributed by atoms with Crippen molar-refractivity contribution < 1.29 is 4.39 Å². The van der Waals surface area contributed by atoms with Crippen molar-refractivity contribution >= 4 is 5.57 Å². The number of nitrogens with zero attached hydrogens (tertiary/aromatic N) is 2. The van der Waals surface area contributed by atoms with E-state index in [1.807, 2.05) is 36.7 Å². The summed E-state index contributed by atoms with van der Waals surface area (Å²) in [4.78, 5) is 10.3. The molecule has 1 atom stereocenters. The lowest BCUT2D eigenvalue weighted by atomic mass is 9.90. The molecule has 5 rings (SSSR count). The quantitative estimate of drug-likeness (QED) is 0.539. The molecule has 2 aromatic heterocycles. The minimum absolute atomic E-state index is 0.219. The molecule has 1 fully saturated rings. The molecule has 0 bridgehead atoms. The Kier molecular flexibility index (Phi) is 5.09. The van der Waals surface area contributed by atoms with Crippen molar-refractivity contribution in [2.45, 2.75) is 32.2 Å². The zero-order valence-corrected chi connectivity index (χ0v) is 17.2. The minimum atomic E-state index is -0.219. The van der Waals surface area contributed by atoms with Crippen LogP contribution in [-0.2, 0) is 0 Å². The third-order valence-corrected chi connectivity index (χ3v) is 6.23. The molecule has 1 N–H and O–H groups in total. The fourth-order valence-electron chi connectivity index (χ4n) is 4.83. The number of fused-ring (bicyclic) bond motifs is 1. The lowest BCUT2D eigenvalue weighted by Gasteiger charge is -2.28. The topological polar surface area (TPSA) is 31.9 Å². The van der Waals surface area contributed by atoms with Crippen molar-refractivity contribution in [2.75, 3.05) is 13.1 Å². The van der Waals surface area contributed by atoms with E-state index >= 15 is 0 Å². The van der Waals surface area contributed by atoms with Gasteiger partial charge in [0.2, 0.25) is 0 Å². The highest BCUT2D eigenvalue weighted by molar-refractivity contribution is 5.91. The van der Waals surface area contributed by atoms with Crippen LogP contribution in [0.5, 0.6) is 0 Å². The van der Waals surface area contributed by atoms with Gasteiger partial charge in [0.25, 0.3) is 0 Å². The van der Waals surface area contributed by atoms with Gasteiger partial charge in [-0.3, -0.25) is 9.88 Å². The number of H-pyrrole nitrogens is 1. The van der Waals surface area contributed by atoms with Gasteiger partial charge in [0.05, 0.1) is 5.69 Å². The van der Waals surface area contributed by atoms with E-state index in [1.165, 1.54) is 28.8 Å². The molecule has 152 valence electrons. The second kappa shape index (κ2) is 8.04. The molecule has 1 unspecified atom stereocenters. The van der Waals surface area contributed by atoms with Crippen LogP contribution in [0.1, 0.15) is 31.7 Å². The van der Waals surface area contributed by atoms with Crippen LogP contribution in [0.25, 0.3) is 28.0 Å². The standard InChI is InChI=1S/C26H26FN3/c1-2-3-18-14-23-15-21(10-13-30(23)17-18)24-16-29-26(20-4-6-22(27)7-5-20)25(24)19-8-11-28-12-9-19/h3-9,11-12,15-16,23,29H,2,10,13-14,17H2,1H3/b18-3-. The second-order valence-electron chi connectivity index (χ2n) is 8.15. The third kappa shape index (κ3) is 3.52. The number of benzene rings is 1. The van der Waals surface area contributed by atoms with Gasteiger partial charge < -0.3 is 4.98 Å². The molecule has 0 radical (unpaired) electrons. The first-order valence-corrected chi connectivity index (χ1v) is 10.7. The maximum atomic E-state index is 13.5. The Bertz CT molecular complexity index is 1090. The summed E-state index contributed by atoms with van der Waals surface area (Å²) in [7, 11) is 0. The number of allylic oxidation sites excluding steroid dienone is 1. The first kappa shape index (κ1) is 19.0. The summed E-state index contributed by atoms with van der Waals surface area (Å²) in [6, 6.07) is 11.3. The third-order valence-electron chi connectivity index (χ3n) is 6.23. The molecule has 0 amide bonds. The Labute approximate surface area is 177 Å². The predicted octanol–water partition coefficient (Wildman–Crippen LogP) is 6.08. The van der Waals surface area contributed by atoms with E-state index in [1.54, 1.807) is 5.57 Å². The minimum Gasteiger partial charge on any atom is -0.360 e. The van der Waals surface area contributed by atoms with E-state index in [2.05, 4.69) is 40.1 Å². The van der Waals surface area contributed by atoms with E-state index in [-0.39, 0.29) is 5.82 Å². The number of aromatic nitrogens is 2. The van der Waals surface area contributed by atoms with Gasteiger partial charge >= 0.3 is 0 Å². The fraction of sp³-hybridized carbons (Fsp3) is 0.269. The van der Waals surface area contributed by atoms with E-state index in [4.69, 9.17) is 0 Å². The summed E-state index contributed by atoms with van der Waals surface area (Å²) >= 11 is 0. The van der Waals surface area contributed by atoms with Gasteiger partial charge in [-0.1, -0.05) is 24.6 Å². The summed E-state index contributed by atoms with van der Waals surface area (Å²) in [6.45, 7) is 4.40. The van der Waals surface area contributed by atoms with Crippen molar-refractivity contribution in [3.63, 3.8) is 0 Å². The normalized spacial score (nSPS) is 20.4. The molecule has 0 spiro atoms. The largest absolute Gasteiger partial charge is 0.360 e. The number of pyridine rings is 1. The molecule has 1 saturated heterocycles. The van der Waals surface area contributed by atoms with Gasteiger partial charge in [-0.15, -0.1) is 0 Å². The Hall–Kier alpha value is -2.98. The summed E-state index contributed by atoms with van der Waals surface area (Å²) < 4.78 is 13.5. The van der Waals surface area contributed by atoms with Crippen LogP contribution in [0.2, 0.25) is 0 Å². The van der Waals surface area contributed by atoms with Gasteiger partial charge in [0.1, 0.15) is 5.82 Å². The van der Waals surface area contributed by atoms with Gasteiger partial charge in [-0.25, -0.2) is 4.39 Å². The Morgan fingerprint density at radius 2 is 1.93 bits per heavy atom. The molecule has 3 aromatic rings. The molecule has 3 nitrogen and oxygen atoms in total. The van der Waals surface area contributed by atoms with Crippen LogP contribution in [0, 0.1) is 5.82 Å². The summed E-state index contributed by atoms with van der Waals surface area (Å²) in [6.07, 6.45) is 13.9. The van der Waals surface area contributed by atoms with Crippen molar-refractivity contribution in [2.24, 2.45) is 0 Å². The van der Waals surface area contributed by atoms with Crippen LogP contribution >= 0.6 is 0 Å².